The molecule has 0 N–H and O–H groups in total. The molecule has 5 rings (SSSR count). The van der Waals surface area contributed by atoms with E-state index in [9.17, 15) is 19.2 Å². The molecule has 3 aliphatic rings. The average Bonchev–Trinajstić information content (AvgIpc) is 3.46. The number of hydrogen-bond donors (Lipinski definition) is 0. The van der Waals surface area contributed by atoms with E-state index < -0.39 is 46.6 Å². The monoisotopic (exact) mass is 526 g/mol. The van der Waals surface area contributed by atoms with Gasteiger partial charge >= 0.3 is 20.0 Å². The number of Topliss-reactive ketones (excluding diaryl/α,β-unsaturated/α-hetero) is 1. The number of carbonyl (C=O) groups is 4. The Kier molecular flexibility index (Phi) is 6.56. The van der Waals surface area contributed by atoms with Crippen molar-refractivity contribution in [3.63, 3.8) is 0 Å². The smallest absolute Gasteiger partial charge is 0.378 e. The zero-order chi connectivity index (χ0) is 25.4. The second kappa shape index (κ2) is 9.66. The van der Waals surface area contributed by atoms with E-state index in [4.69, 9.17) is 17.6 Å². The highest BCUT2D eigenvalue weighted by Crippen LogP contribution is 2.54. The summed E-state index contributed by atoms with van der Waals surface area (Å²) in [5, 5.41) is 5.93. The highest BCUT2D eigenvalue weighted by Gasteiger charge is 2.71. The molecule has 0 spiro atoms. The van der Waals surface area contributed by atoms with E-state index in [2.05, 4.69) is 19.8 Å². The molecule has 3 aliphatic heterocycles. The number of ketones is 1. The first-order valence-corrected chi connectivity index (χ1v) is 12.9. The zero-order valence-corrected chi connectivity index (χ0v) is 20.6. The van der Waals surface area contributed by atoms with Crippen molar-refractivity contribution in [2.75, 3.05) is 5.75 Å². The molecule has 2 radical (unpaired) electrons. The van der Waals surface area contributed by atoms with Gasteiger partial charge in [-0.05, 0) is 24.6 Å². The number of aromatic nitrogens is 2. The molecular weight excluding hydrogens is 507 g/mol. The molecule has 3 saturated heterocycles. The van der Waals surface area contributed by atoms with Crippen molar-refractivity contribution in [1.29, 1.82) is 0 Å². The molecule has 11 nitrogen and oxygen atoms in total. The number of thioether (sulfide) groups is 1. The van der Waals surface area contributed by atoms with E-state index in [1.54, 1.807) is 36.8 Å². The van der Waals surface area contributed by atoms with Gasteiger partial charge in [0.05, 0.1) is 22.7 Å². The normalized spacial score (nSPS) is 27.0. The summed E-state index contributed by atoms with van der Waals surface area (Å²) in [7, 11) is 5.11. The molecule has 0 unspecified atom stereocenters. The van der Waals surface area contributed by atoms with Gasteiger partial charge in [0.1, 0.15) is 12.3 Å². The summed E-state index contributed by atoms with van der Waals surface area (Å²) in [5.41, 5.74) is -0.724. The average molecular weight is 526 g/mol. The lowest BCUT2D eigenvalue weighted by Gasteiger charge is -2.57. The number of rotatable bonds is 8. The number of fused-ring (bicyclic) bond motifs is 3. The molecule has 184 valence electrons. The third kappa shape index (κ3) is 4.07. The first-order valence-electron chi connectivity index (χ1n) is 11.0. The van der Waals surface area contributed by atoms with E-state index in [0.29, 0.717) is 11.4 Å². The maximum atomic E-state index is 13.3. The van der Waals surface area contributed by atoms with Crippen molar-refractivity contribution >= 4 is 60.5 Å². The second-order valence-corrected chi connectivity index (χ2v) is 10.7. The van der Waals surface area contributed by atoms with Gasteiger partial charge in [0.25, 0.3) is 5.72 Å². The molecule has 4 atom stereocenters. The molecule has 5 heterocycles. The number of nitrogens with zero attached hydrogens (tertiary/aromatic N) is 4. The number of oxime groups is 1. The van der Waals surface area contributed by atoms with E-state index in [1.807, 2.05) is 0 Å². The fraction of sp³-hybridized carbons (Fsp3) is 0.409. The lowest BCUT2D eigenvalue weighted by molar-refractivity contribution is -0.217. The Morgan fingerprint density at radius 2 is 2.11 bits per heavy atom. The SMILES string of the molecule is [B]OC(=O)[C@]12OC(=O)C[C@H]1CS[C@@H]1[C@H](CC(=O)/C(=N\OCc3ccncc3)c3csc(C)n3)C(=O)N12. The molecule has 36 heavy (non-hydrogen) atoms. The van der Waals surface area contributed by atoms with E-state index in [-0.39, 0.29) is 25.2 Å². The quantitative estimate of drug-likeness (QED) is 0.162. The third-order valence-electron chi connectivity index (χ3n) is 6.28. The summed E-state index contributed by atoms with van der Waals surface area (Å²) in [6.45, 7) is 1.92. The van der Waals surface area contributed by atoms with Crippen LogP contribution >= 0.6 is 23.1 Å². The van der Waals surface area contributed by atoms with Crippen molar-refractivity contribution in [2.45, 2.75) is 37.5 Å². The Hall–Kier alpha value is -3.26. The first-order chi connectivity index (χ1) is 17.3. The summed E-state index contributed by atoms with van der Waals surface area (Å²) < 4.78 is 9.74. The van der Waals surface area contributed by atoms with Gasteiger partial charge in [-0.3, -0.25) is 24.3 Å². The summed E-state index contributed by atoms with van der Waals surface area (Å²) >= 11 is 2.73. The van der Waals surface area contributed by atoms with Crippen LogP contribution in [0.3, 0.4) is 0 Å². The van der Waals surface area contributed by atoms with Crippen LogP contribution in [0.15, 0.2) is 35.1 Å². The molecule has 2 aromatic heterocycles. The number of pyridine rings is 1. The highest BCUT2D eigenvalue weighted by molar-refractivity contribution is 8.00. The van der Waals surface area contributed by atoms with Crippen LogP contribution in [0.1, 0.15) is 29.1 Å². The van der Waals surface area contributed by atoms with Gasteiger partial charge < -0.3 is 14.2 Å². The van der Waals surface area contributed by atoms with Gasteiger partial charge in [-0.25, -0.2) is 9.78 Å². The van der Waals surface area contributed by atoms with E-state index in [0.717, 1.165) is 10.6 Å². The fourth-order valence-corrected chi connectivity index (χ4v) is 6.80. The number of esters is 1. The maximum absolute atomic E-state index is 13.3. The van der Waals surface area contributed by atoms with Crippen molar-refractivity contribution in [3.8, 4) is 0 Å². The Bertz CT molecular complexity index is 1260. The largest absolute Gasteiger partial charge is 0.539 e. The summed E-state index contributed by atoms with van der Waals surface area (Å²) in [5.74, 6) is -3.53. The lowest BCUT2D eigenvalue weighted by Crippen LogP contribution is -2.75. The Labute approximate surface area is 215 Å². The predicted octanol–water partition coefficient (Wildman–Crippen LogP) is 1.14. The van der Waals surface area contributed by atoms with Crippen LogP contribution in [0.4, 0.5) is 0 Å². The highest BCUT2D eigenvalue weighted by atomic mass is 32.2. The van der Waals surface area contributed by atoms with Crippen molar-refractivity contribution in [1.82, 2.24) is 14.9 Å². The number of β-lactam (4-membered cyclic amide) rings is 1. The van der Waals surface area contributed by atoms with Crippen LogP contribution in [-0.4, -0.2) is 69.1 Å². The molecule has 2 aromatic rings. The molecule has 1 amide bonds. The molecular formula is C22H19BN4O7S2. The minimum atomic E-state index is -1.89. The van der Waals surface area contributed by atoms with Gasteiger partial charge in [-0.15, -0.1) is 23.1 Å². The maximum Gasteiger partial charge on any atom is 0.378 e. The molecule has 0 saturated carbocycles. The van der Waals surface area contributed by atoms with Crippen LogP contribution in [0, 0.1) is 18.8 Å². The molecule has 0 aromatic carbocycles. The lowest BCUT2D eigenvalue weighted by atomic mass is 9.84. The molecule has 0 bridgehead atoms. The van der Waals surface area contributed by atoms with Gasteiger partial charge in [0, 0.05) is 35.9 Å². The topological polar surface area (TPSA) is 137 Å². The number of ether oxygens (including phenoxy) is 1. The number of amides is 1. The van der Waals surface area contributed by atoms with Crippen LogP contribution in [0.5, 0.6) is 0 Å². The van der Waals surface area contributed by atoms with E-state index >= 15 is 0 Å². The van der Waals surface area contributed by atoms with Crippen molar-refractivity contribution in [2.24, 2.45) is 17.0 Å². The Balaban J connectivity index is 1.35. The van der Waals surface area contributed by atoms with Gasteiger partial charge in [0.15, 0.2) is 11.5 Å². The van der Waals surface area contributed by atoms with Gasteiger partial charge in [0.2, 0.25) is 5.91 Å². The minimum absolute atomic E-state index is 0.00159. The van der Waals surface area contributed by atoms with Crippen LogP contribution in [0.25, 0.3) is 0 Å². The van der Waals surface area contributed by atoms with Gasteiger partial charge in [-0.2, -0.15) is 0 Å². The third-order valence-corrected chi connectivity index (χ3v) is 8.53. The summed E-state index contributed by atoms with van der Waals surface area (Å²) in [6.07, 6.45) is 3.02. The number of aryl methyl sites for hydroxylation is 1. The summed E-state index contributed by atoms with van der Waals surface area (Å²) in [6, 6.07) is 3.52. The van der Waals surface area contributed by atoms with Crippen LogP contribution in [-0.2, 0) is 40.0 Å². The molecule has 14 heteroatoms. The summed E-state index contributed by atoms with van der Waals surface area (Å²) in [4.78, 5) is 66.0. The molecule has 0 aliphatic carbocycles. The van der Waals surface area contributed by atoms with E-state index in [1.165, 1.54) is 28.0 Å². The fourth-order valence-electron chi connectivity index (χ4n) is 4.58. The van der Waals surface area contributed by atoms with Gasteiger partial charge in [-0.1, -0.05) is 5.16 Å². The molecule has 3 fully saturated rings. The van der Waals surface area contributed by atoms with Crippen LogP contribution < -0.4 is 0 Å². The number of thiazole rings is 1. The number of carbonyl (C=O) groups excluding carboxylic acids is 4. The zero-order valence-electron chi connectivity index (χ0n) is 19.0. The predicted molar refractivity (Wildman–Crippen MR) is 127 cm³/mol. The Morgan fingerprint density at radius 3 is 2.81 bits per heavy atom. The van der Waals surface area contributed by atoms with Crippen LogP contribution in [0.2, 0.25) is 0 Å². The number of hydrogen-bond acceptors (Lipinski definition) is 12. The van der Waals surface area contributed by atoms with Crippen molar-refractivity contribution < 1.29 is 33.4 Å². The van der Waals surface area contributed by atoms with Crippen molar-refractivity contribution in [3.05, 3.63) is 46.2 Å². The second-order valence-electron chi connectivity index (χ2n) is 8.46. The first kappa shape index (κ1) is 24.4. The minimum Gasteiger partial charge on any atom is -0.539 e. The standard InChI is InChI=1S/C22H19BN4O7S2/c1-11-25-15(10-35-11)18(26-32-8-12-2-4-24-5-3-12)16(28)7-14-19(30)27-20(14)36-9-13-6-17(29)33-22(13,27)21(31)34-23/h2-5,10,13-14,20H,6-9H2,1H3/b26-18-/t13-,14+,20+,22+/m0/s1. The Morgan fingerprint density at radius 1 is 1.33 bits per heavy atom.